The lowest BCUT2D eigenvalue weighted by molar-refractivity contribution is 0.328. The molecule has 100 valence electrons. The quantitative estimate of drug-likeness (QED) is 0.436. The van der Waals surface area contributed by atoms with Crippen molar-refractivity contribution in [3.05, 3.63) is 35.9 Å². The normalized spacial score (nSPS) is 26.4. The summed E-state index contributed by atoms with van der Waals surface area (Å²) in [6.45, 7) is 2.25. The van der Waals surface area contributed by atoms with Crippen LogP contribution in [-0.4, -0.2) is 12.2 Å². The van der Waals surface area contributed by atoms with E-state index in [1.165, 1.54) is 38.5 Å². The first kappa shape index (κ1) is 12.8. The highest BCUT2D eigenvalue weighted by molar-refractivity contribution is 5.38. The van der Waals surface area contributed by atoms with Gasteiger partial charge in [0.25, 0.3) is 0 Å². The number of ether oxygens (including phenoxy) is 1. The van der Waals surface area contributed by atoms with Gasteiger partial charge in [-0.05, 0) is 31.4 Å². The Morgan fingerprint density at radius 2 is 2.00 bits per heavy atom. The number of rotatable bonds is 5. The summed E-state index contributed by atoms with van der Waals surface area (Å²) in [6, 6.07) is 10.3. The van der Waals surface area contributed by atoms with Crippen LogP contribution in [0, 0.1) is 17.3 Å². The van der Waals surface area contributed by atoms with Crippen molar-refractivity contribution >= 4 is 0 Å². The number of epoxide rings is 1. The maximum absolute atomic E-state index is 5.88. The van der Waals surface area contributed by atoms with Gasteiger partial charge >= 0.3 is 0 Å². The van der Waals surface area contributed by atoms with Crippen LogP contribution in [0.15, 0.2) is 30.3 Å². The van der Waals surface area contributed by atoms with E-state index in [9.17, 15) is 0 Å². The Morgan fingerprint density at radius 1 is 1.21 bits per heavy atom. The van der Waals surface area contributed by atoms with E-state index in [0.717, 1.165) is 5.56 Å². The highest BCUT2D eigenvalue weighted by Gasteiger charge is 2.60. The van der Waals surface area contributed by atoms with E-state index in [1.54, 1.807) is 0 Å². The summed E-state index contributed by atoms with van der Waals surface area (Å²) in [7, 11) is 0. The summed E-state index contributed by atoms with van der Waals surface area (Å²) < 4.78 is 5.88. The lowest BCUT2D eigenvalue weighted by Crippen LogP contribution is -2.09. The molecule has 1 aliphatic carbocycles. The van der Waals surface area contributed by atoms with Gasteiger partial charge in [-0.25, -0.2) is 0 Å². The van der Waals surface area contributed by atoms with Crippen LogP contribution in [0.4, 0.5) is 0 Å². The summed E-state index contributed by atoms with van der Waals surface area (Å²) >= 11 is 0. The van der Waals surface area contributed by atoms with Crippen molar-refractivity contribution in [3.8, 4) is 11.8 Å². The van der Waals surface area contributed by atoms with E-state index in [1.807, 2.05) is 18.2 Å². The molecule has 1 heterocycles. The van der Waals surface area contributed by atoms with Crippen LogP contribution >= 0.6 is 0 Å². The number of hydrogen-bond donors (Lipinski definition) is 0. The van der Waals surface area contributed by atoms with Gasteiger partial charge in [0.1, 0.15) is 6.10 Å². The molecular formula is C18H22O. The molecule has 1 aromatic carbocycles. The first-order chi connectivity index (χ1) is 9.34. The highest BCUT2D eigenvalue weighted by atomic mass is 16.6. The molecule has 0 bridgehead atoms. The van der Waals surface area contributed by atoms with Crippen LogP contribution in [-0.2, 0) is 4.74 Å². The second kappa shape index (κ2) is 5.39. The molecule has 1 heteroatoms. The zero-order valence-corrected chi connectivity index (χ0v) is 11.7. The van der Waals surface area contributed by atoms with Gasteiger partial charge in [-0.3, -0.25) is 0 Å². The summed E-state index contributed by atoms with van der Waals surface area (Å²) in [5.74, 6) is 6.82. The first-order valence-electron chi connectivity index (χ1n) is 7.58. The number of unbranched alkanes of at least 4 members (excludes halogenated alkanes) is 2. The molecule has 1 nitrogen and oxygen atoms in total. The van der Waals surface area contributed by atoms with Crippen molar-refractivity contribution in [3.63, 3.8) is 0 Å². The van der Waals surface area contributed by atoms with Crippen LogP contribution in [0.5, 0.6) is 0 Å². The summed E-state index contributed by atoms with van der Waals surface area (Å²) in [5.41, 5.74) is 1.32. The average molecular weight is 254 g/mol. The molecule has 0 aromatic heterocycles. The van der Waals surface area contributed by atoms with Crippen LogP contribution in [0.25, 0.3) is 0 Å². The summed E-state index contributed by atoms with van der Waals surface area (Å²) in [4.78, 5) is 0. The molecule has 2 aliphatic rings. The zero-order valence-electron chi connectivity index (χ0n) is 11.7. The van der Waals surface area contributed by atoms with Crippen LogP contribution in [0.1, 0.15) is 51.0 Å². The molecule has 0 radical (unpaired) electrons. The second-order valence-corrected chi connectivity index (χ2v) is 5.86. The van der Waals surface area contributed by atoms with E-state index >= 15 is 0 Å². The molecule has 0 spiro atoms. The number of hydrogen-bond acceptors (Lipinski definition) is 1. The lowest BCUT2D eigenvalue weighted by atomic mass is 9.97. The van der Waals surface area contributed by atoms with Crippen molar-refractivity contribution in [1.29, 1.82) is 0 Å². The molecule has 0 unspecified atom stereocenters. The van der Waals surface area contributed by atoms with Crippen LogP contribution < -0.4 is 0 Å². The van der Waals surface area contributed by atoms with E-state index < -0.39 is 0 Å². The topological polar surface area (TPSA) is 12.5 Å². The van der Waals surface area contributed by atoms with Gasteiger partial charge in [0.15, 0.2) is 0 Å². The molecule has 0 N–H and O–H groups in total. The Morgan fingerprint density at radius 3 is 2.68 bits per heavy atom. The van der Waals surface area contributed by atoms with Crippen molar-refractivity contribution < 1.29 is 4.74 Å². The van der Waals surface area contributed by atoms with E-state index in [0.29, 0.717) is 12.2 Å². The zero-order chi connectivity index (χ0) is 13.1. The Bertz CT molecular complexity index is 475. The van der Waals surface area contributed by atoms with E-state index in [-0.39, 0.29) is 5.41 Å². The van der Waals surface area contributed by atoms with Gasteiger partial charge in [0.05, 0.1) is 11.5 Å². The van der Waals surface area contributed by atoms with Gasteiger partial charge in [0.2, 0.25) is 0 Å². The lowest BCUT2D eigenvalue weighted by Gasteiger charge is -2.02. The van der Waals surface area contributed by atoms with Crippen molar-refractivity contribution in [2.45, 2.75) is 57.7 Å². The standard InChI is InChI=1S/C18H22O/c1-2-3-5-10-16-17(19-16)18(13-14-18)12-11-15-8-6-4-7-9-15/h4,6-9,16-17H,2-3,5,10,13-14H2,1H3/t16-,17-/m0/s1. The minimum absolute atomic E-state index is 0.201. The molecule has 0 amide bonds. The fraction of sp³-hybridized carbons (Fsp3) is 0.556. The third-order valence-corrected chi connectivity index (χ3v) is 4.24. The SMILES string of the molecule is CCCCC[C@@H]1O[C@@H]1C1(C#Cc2ccccc2)CC1. The van der Waals surface area contributed by atoms with Gasteiger partial charge < -0.3 is 4.74 Å². The molecule has 1 aromatic rings. The summed E-state index contributed by atoms with van der Waals surface area (Å²) in [5, 5.41) is 0. The van der Waals surface area contributed by atoms with Gasteiger partial charge in [-0.15, -0.1) is 0 Å². The minimum atomic E-state index is 0.201. The molecule has 19 heavy (non-hydrogen) atoms. The largest absolute Gasteiger partial charge is 0.368 e. The molecular weight excluding hydrogens is 232 g/mol. The molecule has 3 rings (SSSR count). The average Bonchev–Trinajstić information content (AvgIpc) is 3.33. The van der Waals surface area contributed by atoms with Crippen molar-refractivity contribution in [2.24, 2.45) is 5.41 Å². The molecule has 2 fully saturated rings. The molecule has 1 aliphatic heterocycles. The molecule has 1 saturated carbocycles. The van der Waals surface area contributed by atoms with Crippen molar-refractivity contribution in [1.82, 2.24) is 0 Å². The minimum Gasteiger partial charge on any atom is -0.368 e. The molecule has 2 atom stereocenters. The Labute approximate surface area is 116 Å². The Hall–Kier alpha value is -1.26. The maximum atomic E-state index is 5.88. The predicted octanol–water partition coefficient (Wildman–Crippen LogP) is 4.17. The highest BCUT2D eigenvalue weighted by Crippen LogP contribution is 2.57. The van der Waals surface area contributed by atoms with E-state index in [2.05, 4.69) is 30.9 Å². The van der Waals surface area contributed by atoms with Gasteiger partial charge in [0, 0.05) is 5.56 Å². The van der Waals surface area contributed by atoms with Crippen LogP contribution in [0.2, 0.25) is 0 Å². The molecule has 1 saturated heterocycles. The maximum Gasteiger partial charge on any atom is 0.101 e. The predicted molar refractivity (Wildman–Crippen MR) is 77.8 cm³/mol. The number of benzene rings is 1. The second-order valence-electron chi connectivity index (χ2n) is 5.86. The fourth-order valence-corrected chi connectivity index (χ4v) is 2.78. The Kier molecular flexibility index (Phi) is 3.62. The third kappa shape index (κ3) is 3.01. The monoisotopic (exact) mass is 254 g/mol. The third-order valence-electron chi connectivity index (χ3n) is 4.24. The van der Waals surface area contributed by atoms with Crippen LogP contribution in [0.3, 0.4) is 0 Å². The Balaban J connectivity index is 1.56. The van der Waals surface area contributed by atoms with Crippen molar-refractivity contribution in [2.75, 3.05) is 0 Å². The fourth-order valence-electron chi connectivity index (χ4n) is 2.78. The first-order valence-corrected chi connectivity index (χ1v) is 7.58. The van der Waals surface area contributed by atoms with Gasteiger partial charge in [-0.2, -0.15) is 0 Å². The van der Waals surface area contributed by atoms with Gasteiger partial charge in [-0.1, -0.05) is 56.2 Å². The van der Waals surface area contributed by atoms with E-state index in [4.69, 9.17) is 4.74 Å². The smallest absolute Gasteiger partial charge is 0.101 e. The summed E-state index contributed by atoms with van der Waals surface area (Å²) in [6.07, 6.45) is 8.53.